The number of rotatable bonds is 3. The van der Waals surface area contributed by atoms with E-state index in [1.165, 1.54) is 11.6 Å². The van der Waals surface area contributed by atoms with Crippen molar-refractivity contribution in [3.8, 4) is 5.75 Å². The third kappa shape index (κ3) is 3.34. The van der Waals surface area contributed by atoms with Gasteiger partial charge in [0.05, 0.1) is 12.0 Å². The molecule has 0 atom stereocenters. The van der Waals surface area contributed by atoms with E-state index in [9.17, 15) is 9.59 Å². The molecule has 0 saturated carbocycles. The van der Waals surface area contributed by atoms with E-state index in [1.54, 1.807) is 24.3 Å². The molecule has 1 fully saturated rings. The summed E-state index contributed by atoms with van der Waals surface area (Å²) in [4.78, 5) is 26.0. The largest absolute Gasteiger partial charge is 0.486 e. The fourth-order valence-corrected chi connectivity index (χ4v) is 3.38. The number of benzene rings is 1. The molecule has 0 unspecified atom stereocenters. The Morgan fingerprint density at radius 3 is 2.83 bits per heavy atom. The van der Waals surface area contributed by atoms with Gasteiger partial charge in [-0.25, -0.2) is 5.48 Å². The summed E-state index contributed by atoms with van der Waals surface area (Å²) in [5, 5.41) is 8.50. The second-order valence-electron chi connectivity index (χ2n) is 6.38. The number of likely N-dealkylation sites (tertiary alicyclic amines) is 1. The summed E-state index contributed by atoms with van der Waals surface area (Å²) in [6, 6.07) is 5.32. The molecule has 1 aromatic carbocycles. The van der Waals surface area contributed by atoms with Crippen LogP contribution in [0, 0.1) is 0 Å². The number of ketones is 1. The Bertz CT molecular complexity index is 676. The van der Waals surface area contributed by atoms with Crippen molar-refractivity contribution in [2.75, 3.05) is 19.6 Å². The zero-order chi connectivity index (χ0) is 17.2. The molecule has 2 N–H and O–H groups in total. The number of ether oxygens (including phenoxy) is 1. The highest BCUT2D eigenvalue weighted by Gasteiger charge is 2.42. The Labute approximate surface area is 141 Å². The van der Waals surface area contributed by atoms with Crippen molar-refractivity contribution in [1.82, 2.24) is 10.4 Å². The van der Waals surface area contributed by atoms with Gasteiger partial charge in [-0.1, -0.05) is 13.0 Å². The summed E-state index contributed by atoms with van der Waals surface area (Å²) in [5.41, 5.74) is 2.44. The van der Waals surface area contributed by atoms with Crippen LogP contribution < -0.4 is 10.2 Å². The number of hydrogen-bond acceptors (Lipinski definition) is 5. The molecule has 1 aromatic rings. The summed E-state index contributed by atoms with van der Waals surface area (Å²) in [6.07, 6.45) is 4.89. The summed E-state index contributed by atoms with van der Waals surface area (Å²) < 4.78 is 6.23. The molecule has 24 heavy (non-hydrogen) atoms. The van der Waals surface area contributed by atoms with Gasteiger partial charge in [0.1, 0.15) is 11.4 Å². The average Bonchev–Trinajstić information content (AvgIpc) is 2.60. The normalized spacial score (nSPS) is 20.0. The van der Waals surface area contributed by atoms with Gasteiger partial charge in [0.2, 0.25) is 0 Å². The van der Waals surface area contributed by atoms with Crippen LogP contribution in [-0.2, 0) is 4.79 Å². The molecule has 0 aliphatic carbocycles. The second-order valence-corrected chi connectivity index (χ2v) is 6.38. The lowest BCUT2D eigenvalue weighted by Crippen LogP contribution is -2.50. The molecule has 0 bridgehead atoms. The van der Waals surface area contributed by atoms with Crippen molar-refractivity contribution in [1.29, 1.82) is 0 Å². The minimum absolute atomic E-state index is 0.0862. The number of nitrogens with zero attached hydrogens (tertiary/aromatic N) is 1. The van der Waals surface area contributed by atoms with Crippen LogP contribution >= 0.6 is 0 Å². The first-order chi connectivity index (χ1) is 11.5. The third-order valence-electron chi connectivity index (χ3n) is 4.87. The number of hydrogen-bond donors (Lipinski definition) is 2. The Hall–Kier alpha value is -2.18. The van der Waals surface area contributed by atoms with Crippen molar-refractivity contribution in [3.63, 3.8) is 0 Å². The van der Waals surface area contributed by atoms with E-state index in [2.05, 4.69) is 11.8 Å². The van der Waals surface area contributed by atoms with Crippen LogP contribution in [0.5, 0.6) is 5.75 Å². The third-order valence-corrected chi connectivity index (χ3v) is 4.87. The van der Waals surface area contributed by atoms with Gasteiger partial charge in [-0.3, -0.25) is 14.8 Å². The standard InChI is InChI=1S/C18H22N2O4/c1-2-20-9-7-18(8-10-20)12-15(21)14-11-13(3-5-16(14)24-18)4-6-17(22)19-23/h3-6,11,23H,2,7-10,12H2,1H3,(H,19,22). The number of carbonyl (C=O) groups is 2. The minimum Gasteiger partial charge on any atom is -0.486 e. The number of carbonyl (C=O) groups excluding carboxylic acids is 2. The molecule has 6 nitrogen and oxygen atoms in total. The number of hydroxylamine groups is 1. The summed E-state index contributed by atoms with van der Waals surface area (Å²) in [5.74, 6) is 0.0972. The maximum atomic E-state index is 12.6. The van der Waals surface area contributed by atoms with Crippen LogP contribution in [0.4, 0.5) is 0 Å². The van der Waals surface area contributed by atoms with Crippen LogP contribution in [0.1, 0.15) is 42.1 Å². The first-order valence-electron chi connectivity index (χ1n) is 8.26. The molecule has 1 amide bonds. The van der Waals surface area contributed by atoms with Gasteiger partial charge in [-0.15, -0.1) is 0 Å². The smallest absolute Gasteiger partial charge is 0.267 e. The summed E-state index contributed by atoms with van der Waals surface area (Å²) in [7, 11) is 0. The summed E-state index contributed by atoms with van der Waals surface area (Å²) >= 11 is 0. The average molecular weight is 330 g/mol. The number of fused-ring (bicyclic) bond motifs is 1. The van der Waals surface area contributed by atoms with Crippen LogP contribution in [0.25, 0.3) is 6.08 Å². The highest BCUT2D eigenvalue weighted by molar-refractivity contribution is 6.01. The van der Waals surface area contributed by atoms with E-state index in [0.29, 0.717) is 23.3 Å². The Morgan fingerprint density at radius 1 is 1.42 bits per heavy atom. The zero-order valence-corrected chi connectivity index (χ0v) is 13.7. The van der Waals surface area contributed by atoms with E-state index < -0.39 is 5.91 Å². The van der Waals surface area contributed by atoms with E-state index in [-0.39, 0.29) is 11.4 Å². The van der Waals surface area contributed by atoms with Crippen molar-refractivity contribution in [2.24, 2.45) is 0 Å². The molecule has 2 aliphatic heterocycles. The first-order valence-corrected chi connectivity index (χ1v) is 8.26. The second kappa shape index (κ2) is 6.75. The maximum Gasteiger partial charge on any atom is 0.267 e. The Kier molecular flexibility index (Phi) is 4.69. The fraction of sp³-hybridized carbons (Fsp3) is 0.444. The quantitative estimate of drug-likeness (QED) is 0.504. The molecule has 0 aromatic heterocycles. The SMILES string of the molecule is CCN1CCC2(CC1)CC(=O)c1cc(C=CC(=O)NO)ccc1O2. The van der Waals surface area contributed by atoms with E-state index in [0.717, 1.165) is 32.5 Å². The van der Waals surface area contributed by atoms with Crippen LogP contribution in [0.3, 0.4) is 0 Å². The molecule has 2 heterocycles. The molecule has 3 rings (SSSR count). The van der Waals surface area contributed by atoms with Gasteiger partial charge < -0.3 is 9.64 Å². The van der Waals surface area contributed by atoms with Gasteiger partial charge in [-0.05, 0) is 30.3 Å². The van der Waals surface area contributed by atoms with Gasteiger partial charge in [0.15, 0.2) is 5.78 Å². The predicted molar refractivity (Wildman–Crippen MR) is 89.1 cm³/mol. The molecular formula is C18H22N2O4. The first kappa shape index (κ1) is 16.7. The molecule has 2 aliphatic rings. The molecular weight excluding hydrogens is 308 g/mol. The lowest BCUT2D eigenvalue weighted by Gasteiger charge is -2.43. The zero-order valence-electron chi connectivity index (χ0n) is 13.7. The highest BCUT2D eigenvalue weighted by Crippen LogP contribution is 2.39. The van der Waals surface area contributed by atoms with Crippen LogP contribution in [-0.4, -0.2) is 47.0 Å². The van der Waals surface area contributed by atoms with Gasteiger partial charge in [0.25, 0.3) is 5.91 Å². The van der Waals surface area contributed by atoms with Gasteiger partial charge in [0, 0.05) is 32.0 Å². The highest BCUT2D eigenvalue weighted by atomic mass is 16.5. The molecule has 128 valence electrons. The lowest BCUT2D eigenvalue weighted by atomic mass is 9.82. The minimum atomic E-state index is -0.614. The van der Waals surface area contributed by atoms with Crippen LogP contribution in [0.15, 0.2) is 24.3 Å². The van der Waals surface area contributed by atoms with E-state index in [4.69, 9.17) is 9.94 Å². The Balaban J connectivity index is 1.79. The van der Waals surface area contributed by atoms with Gasteiger partial charge >= 0.3 is 0 Å². The van der Waals surface area contributed by atoms with Crippen molar-refractivity contribution in [3.05, 3.63) is 35.4 Å². The Morgan fingerprint density at radius 2 is 2.17 bits per heavy atom. The predicted octanol–water partition coefficient (Wildman–Crippen LogP) is 2.02. The van der Waals surface area contributed by atoms with E-state index >= 15 is 0 Å². The molecule has 1 saturated heterocycles. The monoisotopic (exact) mass is 330 g/mol. The lowest BCUT2D eigenvalue weighted by molar-refractivity contribution is -0.124. The summed E-state index contributed by atoms with van der Waals surface area (Å²) in [6.45, 7) is 5.08. The van der Waals surface area contributed by atoms with Crippen molar-refractivity contribution in [2.45, 2.75) is 31.8 Å². The maximum absolute atomic E-state index is 12.6. The van der Waals surface area contributed by atoms with E-state index in [1.807, 2.05) is 0 Å². The van der Waals surface area contributed by atoms with Crippen LogP contribution in [0.2, 0.25) is 0 Å². The number of piperidine rings is 1. The molecule has 6 heteroatoms. The topological polar surface area (TPSA) is 78.9 Å². The number of Topliss-reactive ketones (excluding diaryl/α,β-unsaturated/α-hetero) is 1. The van der Waals surface area contributed by atoms with Crippen molar-refractivity contribution >= 4 is 17.8 Å². The fourth-order valence-electron chi connectivity index (χ4n) is 3.38. The number of amides is 1. The number of nitrogens with one attached hydrogen (secondary N) is 1. The molecule has 0 radical (unpaired) electrons. The van der Waals surface area contributed by atoms with Crippen molar-refractivity contribution < 1.29 is 19.5 Å². The van der Waals surface area contributed by atoms with Gasteiger partial charge in [-0.2, -0.15) is 0 Å². The molecule has 1 spiro atoms.